The average molecular weight is 432 g/mol. The normalized spacial score (nSPS) is 16.0. The third-order valence-electron chi connectivity index (χ3n) is 4.44. The van der Waals surface area contributed by atoms with E-state index in [0.29, 0.717) is 18.9 Å². The van der Waals surface area contributed by atoms with Gasteiger partial charge in [0, 0.05) is 22.7 Å². The lowest BCUT2D eigenvalue weighted by molar-refractivity contribution is -0.141. The van der Waals surface area contributed by atoms with Crippen LogP contribution in [0, 0.1) is 11.7 Å². The van der Waals surface area contributed by atoms with Crippen LogP contribution in [0.3, 0.4) is 0 Å². The van der Waals surface area contributed by atoms with Crippen LogP contribution in [0.2, 0.25) is 5.02 Å². The van der Waals surface area contributed by atoms with Crippen molar-refractivity contribution in [1.29, 1.82) is 0 Å². The van der Waals surface area contributed by atoms with Gasteiger partial charge in [0.05, 0.1) is 0 Å². The standard InChI is InChI=1S/C18H18ClF4N5O/c19-11-6-12(20)8-13(7-11)24-17(26-16(29)10-4-2-1-3-5-10)25-15-9-14(27-28-15)18(21,22)23/h6-10H,1-5H2,(H3,24,25,26,27,28,29). The first-order chi connectivity index (χ1) is 13.7. The fraction of sp³-hybridized carbons (Fsp3) is 0.389. The molecule has 1 aliphatic carbocycles. The number of aromatic amines is 1. The van der Waals surface area contributed by atoms with Gasteiger partial charge in [-0.1, -0.05) is 30.9 Å². The van der Waals surface area contributed by atoms with E-state index in [9.17, 15) is 22.4 Å². The van der Waals surface area contributed by atoms with Crippen LogP contribution in [-0.2, 0) is 11.0 Å². The minimum atomic E-state index is -4.62. The summed E-state index contributed by atoms with van der Waals surface area (Å²) in [5.41, 5.74) is -0.910. The molecular formula is C18H18ClF4N5O. The number of nitrogens with zero attached hydrogens (tertiary/aromatic N) is 2. The van der Waals surface area contributed by atoms with Crippen molar-refractivity contribution in [2.24, 2.45) is 10.9 Å². The molecule has 1 aliphatic rings. The summed E-state index contributed by atoms with van der Waals surface area (Å²) < 4.78 is 51.9. The first-order valence-electron chi connectivity index (χ1n) is 8.96. The fourth-order valence-electron chi connectivity index (χ4n) is 3.06. The van der Waals surface area contributed by atoms with E-state index in [-0.39, 0.29) is 34.3 Å². The predicted molar refractivity (Wildman–Crippen MR) is 100 cm³/mol. The lowest BCUT2D eigenvalue weighted by Gasteiger charge is -2.21. The highest BCUT2D eigenvalue weighted by Gasteiger charge is 2.33. The van der Waals surface area contributed by atoms with E-state index in [1.165, 1.54) is 6.07 Å². The quantitative estimate of drug-likeness (QED) is 0.362. The Balaban J connectivity index is 1.85. The number of amides is 1. The van der Waals surface area contributed by atoms with E-state index in [1.807, 2.05) is 5.10 Å². The van der Waals surface area contributed by atoms with Crippen molar-refractivity contribution in [3.05, 3.63) is 40.8 Å². The summed E-state index contributed by atoms with van der Waals surface area (Å²) in [6, 6.07) is 4.29. The molecule has 2 aromatic rings. The Bertz CT molecular complexity index is 886. The number of anilines is 1. The van der Waals surface area contributed by atoms with Gasteiger partial charge in [-0.05, 0) is 31.0 Å². The summed E-state index contributed by atoms with van der Waals surface area (Å²) in [6.45, 7) is 0. The minimum absolute atomic E-state index is 0.101. The first kappa shape index (κ1) is 21.1. The van der Waals surface area contributed by atoms with Crippen LogP contribution in [0.15, 0.2) is 29.3 Å². The van der Waals surface area contributed by atoms with Gasteiger partial charge in [0.2, 0.25) is 11.9 Å². The second-order valence-electron chi connectivity index (χ2n) is 6.71. The number of H-pyrrole nitrogens is 1. The van der Waals surface area contributed by atoms with E-state index in [4.69, 9.17) is 11.6 Å². The minimum Gasteiger partial charge on any atom is -0.325 e. The number of nitrogens with one attached hydrogen (secondary N) is 3. The second-order valence-corrected chi connectivity index (χ2v) is 7.14. The van der Waals surface area contributed by atoms with Gasteiger partial charge in [-0.3, -0.25) is 15.2 Å². The Morgan fingerprint density at radius 2 is 1.90 bits per heavy atom. The Labute approximate surface area is 168 Å². The summed E-state index contributed by atoms with van der Waals surface area (Å²) in [5.74, 6) is -1.65. The van der Waals surface area contributed by atoms with Crippen molar-refractivity contribution < 1.29 is 22.4 Å². The molecule has 3 rings (SSSR count). The third kappa shape index (κ3) is 5.93. The molecule has 1 amide bonds. The van der Waals surface area contributed by atoms with Crippen molar-refractivity contribution in [3.63, 3.8) is 0 Å². The van der Waals surface area contributed by atoms with E-state index in [0.717, 1.165) is 31.4 Å². The summed E-state index contributed by atoms with van der Waals surface area (Å²) in [7, 11) is 0. The highest BCUT2D eigenvalue weighted by molar-refractivity contribution is 6.31. The molecule has 29 heavy (non-hydrogen) atoms. The summed E-state index contributed by atoms with van der Waals surface area (Å²) >= 11 is 5.83. The number of hydrogen-bond donors (Lipinski definition) is 3. The summed E-state index contributed by atoms with van der Waals surface area (Å²) in [6.07, 6.45) is -0.289. The molecule has 1 fully saturated rings. The first-order valence-corrected chi connectivity index (χ1v) is 9.34. The summed E-state index contributed by atoms with van der Waals surface area (Å²) in [5, 5.41) is 10.7. The Kier molecular flexibility index (Phi) is 6.41. The van der Waals surface area contributed by atoms with Gasteiger partial charge in [0.1, 0.15) is 11.5 Å². The zero-order chi connectivity index (χ0) is 21.0. The number of carbonyl (C=O) groups is 1. The van der Waals surface area contributed by atoms with Gasteiger partial charge in [0.25, 0.3) is 0 Å². The number of aromatic nitrogens is 2. The topological polar surface area (TPSA) is 82.2 Å². The lowest BCUT2D eigenvalue weighted by Crippen LogP contribution is -2.40. The number of rotatable bonds is 3. The number of benzene rings is 1. The number of guanidine groups is 1. The Morgan fingerprint density at radius 1 is 1.17 bits per heavy atom. The maximum absolute atomic E-state index is 13.6. The Hall–Kier alpha value is -2.62. The Morgan fingerprint density at radius 3 is 2.52 bits per heavy atom. The van der Waals surface area contributed by atoms with Crippen LogP contribution in [-0.4, -0.2) is 22.1 Å². The number of alkyl halides is 3. The largest absolute Gasteiger partial charge is 0.432 e. The molecule has 6 nitrogen and oxygen atoms in total. The monoisotopic (exact) mass is 431 g/mol. The van der Waals surface area contributed by atoms with E-state index in [1.54, 1.807) is 0 Å². The number of halogens is 5. The molecule has 0 radical (unpaired) electrons. The predicted octanol–water partition coefficient (Wildman–Crippen LogP) is 5.02. The molecule has 1 saturated carbocycles. The van der Waals surface area contributed by atoms with E-state index < -0.39 is 17.7 Å². The van der Waals surface area contributed by atoms with Crippen molar-refractivity contribution in [2.75, 3.05) is 5.32 Å². The SMILES string of the molecule is O=C(NC(=Nc1cc(C(F)(F)F)[nH]n1)Nc1cc(F)cc(Cl)c1)C1CCCCC1. The number of hydrogen-bond acceptors (Lipinski definition) is 3. The smallest absolute Gasteiger partial charge is 0.325 e. The highest BCUT2D eigenvalue weighted by atomic mass is 35.5. The van der Waals surface area contributed by atoms with Crippen LogP contribution < -0.4 is 10.6 Å². The molecule has 1 aromatic heterocycles. The van der Waals surface area contributed by atoms with Crippen LogP contribution >= 0.6 is 11.6 Å². The molecule has 0 bridgehead atoms. The molecular weight excluding hydrogens is 414 g/mol. The molecule has 1 heterocycles. The van der Waals surface area contributed by atoms with Crippen molar-refractivity contribution in [2.45, 2.75) is 38.3 Å². The van der Waals surface area contributed by atoms with E-state index in [2.05, 4.69) is 20.7 Å². The molecule has 0 spiro atoms. The zero-order valence-electron chi connectivity index (χ0n) is 15.1. The van der Waals surface area contributed by atoms with Crippen LogP contribution in [0.5, 0.6) is 0 Å². The van der Waals surface area contributed by atoms with Crippen molar-refractivity contribution in [1.82, 2.24) is 15.5 Å². The number of aliphatic imine (C=N–C) groups is 1. The summed E-state index contributed by atoms with van der Waals surface area (Å²) in [4.78, 5) is 16.5. The molecule has 1 aromatic carbocycles. The lowest BCUT2D eigenvalue weighted by atomic mass is 9.89. The van der Waals surface area contributed by atoms with E-state index >= 15 is 0 Å². The zero-order valence-corrected chi connectivity index (χ0v) is 15.9. The molecule has 0 atom stereocenters. The van der Waals surface area contributed by atoms with Crippen molar-refractivity contribution in [3.8, 4) is 0 Å². The van der Waals surface area contributed by atoms with Crippen LogP contribution in [0.25, 0.3) is 0 Å². The molecule has 0 aliphatic heterocycles. The van der Waals surface area contributed by atoms with Crippen LogP contribution in [0.1, 0.15) is 37.8 Å². The van der Waals surface area contributed by atoms with Gasteiger partial charge < -0.3 is 5.32 Å². The number of carbonyl (C=O) groups excluding carboxylic acids is 1. The van der Waals surface area contributed by atoms with Crippen LogP contribution in [0.4, 0.5) is 29.1 Å². The average Bonchev–Trinajstić information content (AvgIpc) is 3.10. The molecule has 0 unspecified atom stereocenters. The van der Waals surface area contributed by atoms with Gasteiger partial charge in [-0.15, -0.1) is 0 Å². The maximum Gasteiger partial charge on any atom is 0.432 e. The van der Waals surface area contributed by atoms with Gasteiger partial charge in [-0.2, -0.15) is 23.3 Å². The van der Waals surface area contributed by atoms with Crippen molar-refractivity contribution >= 4 is 35.0 Å². The second kappa shape index (κ2) is 8.81. The molecule has 156 valence electrons. The fourth-order valence-corrected chi connectivity index (χ4v) is 3.28. The molecule has 11 heteroatoms. The molecule has 0 saturated heterocycles. The maximum atomic E-state index is 13.6. The van der Waals surface area contributed by atoms with Gasteiger partial charge in [-0.25, -0.2) is 4.39 Å². The van der Waals surface area contributed by atoms with Gasteiger partial charge in [0.15, 0.2) is 5.82 Å². The molecule has 3 N–H and O–H groups in total. The third-order valence-corrected chi connectivity index (χ3v) is 4.66. The van der Waals surface area contributed by atoms with Gasteiger partial charge >= 0.3 is 6.18 Å². The highest BCUT2D eigenvalue weighted by Crippen LogP contribution is 2.29.